The van der Waals surface area contributed by atoms with E-state index in [1.54, 1.807) is 18.0 Å². The number of rotatable bonds is 6. The van der Waals surface area contributed by atoms with Crippen molar-refractivity contribution in [2.75, 3.05) is 23.8 Å². The fourth-order valence-corrected chi connectivity index (χ4v) is 2.27. The zero-order valence-corrected chi connectivity index (χ0v) is 14.4. The predicted octanol–water partition coefficient (Wildman–Crippen LogP) is 3.05. The largest absolute Gasteiger partial charge is 0.376 e. The van der Waals surface area contributed by atoms with Crippen LogP contribution >= 0.6 is 11.6 Å². The fraction of sp³-hybridized carbons (Fsp3) is 0.222. The van der Waals surface area contributed by atoms with Crippen molar-refractivity contribution in [3.05, 3.63) is 59.1 Å². The minimum Gasteiger partial charge on any atom is -0.376 e. The van der Waals surface area contributed by atoms with E-state index in [1.807, 2.05) is 42.5 Å². The van der Waals surface area contributed by atoms with Gasteiger partial charge in [0.25, 0.3) is 0 Å². The molecule has 2 amide bonds. The molecular formula is C18H20ClN3O2. The zero-order chi connectivity index (χ0) is 17.5. The van der Waals surface area contributed by atoms with Crippen LogP contribution in [-0.2, 0) is 16.1 Å². The van der Waals surface area contributed by atoms with Gasteiger partial charge in [-0.3, -0.25) is 9.59 Å². The van der Waals surface area contributed by atoms with Gasteiger partial charge in [0.15, 0.2) is 0 Å². The Bertz CT molecular complexity index is 716. The second-order valence-corrected chi connectivity index (χ2v) is 5.75. The normalized spacial score (nSPS) is 10.1. The topological polar surface area (TPSA) is 61.4 Å². The Hall–Kier alpha value is -2.53. The van der Waals surface area contributed by atoms with Crippen LogP contribution in [0.25, 0.3) is 0 Å². The standard InChI is InChI=1S/C18H20ClN3O2/c1-13(23)22(2)16-9-7-15(8-10-16)20-12-18(24)21-11-14-5-3-4-6-17(14)19/h3-10,20H,11-12H2,1-2H3,(H,21,24). The molecule has 2 aromatic rings. The highest BCUT2D eigenvalue weighted by Crippen LogP contribution is 2.17. The summed E-state index contributed by atoms with van der Waals surface area (Å²) >= 11 is 6.05. The molecule has 0 aromatic heterocycles. The Morgan fingerprint density at radius 3 is 2.38 bits per heavy atom. The smallest absolute Gasteiger partial charge is 0.239 e. The minimum absolute atomic E-state index is 0.0327. The molecular weight excluding hydrogens is 326 g/mol. The molecule has 0 heterocycles. The maximum Gasteiger partial charge on any atom is 0.239 e. The Morgan fingerprint density at radius 1 is 1.08 bits per heavy atom. The summed E-state index contributed by atoms with van der Waals surface area (Å²) in [6.07, 6.45) is 0. The van der Waals surface area contributed by atoms with E-state index >= 15 is 0 Å². The summed E-state index contributed by atoms with van der Waals surface area (Å²) in [6.45, 7) is 2.06. The van der Waals surface area contributed by atoms with E-state index < -0.39 is 0 Å². The van der Waals surface area contributed by atoms with E-state index in [2.05, 4.69) is 10.6 Å². The van der Waals surface area contributed by atoms with Crippen LogP contribution in [-0.4, -0.2) is 25.4 Å². The number of anilines is 2. The monoisotopic (exact) mass is 345 g/mol. The first-order chi connectivity index (χ1) is 11.5. The third-order valence-electron chi connectivity index (χ3n) is 3.61. The van der Waals surface area contributed by atoms with Crippen molar-refractivity contribution in [1.29, 1.82) is 0 Å². The highest BCUT2D eigenvalue weighted by molar-refractivity contribution is 6.31. The molecule has 0 saturated carbocycles. The summed E-state index contributed by atoms with van der Waals surface area (Å²) in [4.78, 5) is 24.8. The molecule has 126 valence electrons. The van der Waals surface area contributed by atoms with Gasteiger partial charge in [0.05, 0.1) is 6.54 Å². The first kappa shape index (κ1) is 17.8. The molecule has 2 aromatic carbocycles. The number of carbonyl (C=O) groups is 2. The number of carbonyl (C=O) groups excluding carboxylic acids is 2. The summed E-state index contributed by atoms with van der Waals surface area (Å²) in [5.41, 5.74) is 2.49. The van der Waals surface area contributed by atoms with Gasteiger partial charge in [-0.05, 0) is 35.9 Å². The van der Waals surface area contributed by atoms with E-state index in [9.17, 15) is 9.59 Å². The summed E-state index contributed by atoms with van der Waals surface area (Å²) in [7, 11) is 1.72. The molecule has 0 fully saturated rings. The lowest BCUT2D eigenvalue weighted by atomic mass is 10.2. The molecule has 6 heteroatoms. The lowest BCUT2D eigenvalue weighted by Crippen LogP contribution is -2.29. The molecule has 2 rings (SSSR count). The van der Waals surface area contributed by atoms with Crippen LogP contribution in [0.15, 0.2) is 48.5 Å². The van der Waals surface area contributed by atoms with E-state index in [4.69, 9.17) is 11.6 Å². The van der Waals surface area contributed by atoms with Crippen LogP contribution in [0.4, 0.5) is 11.4 Å². The molecule has 0 aliphatic carbocycles. The van der Waals surface area contributed by atoms with Gasteiger partial charge in [-0.1, -0.05) is 29.8 Å². The van der Waals surface area contributed by atoms with Crippen molar-refractivity contribution >= 4 is 34.8 Å². The number of benzene rings is 2. The van der Waals surface area contributed by atoms with Gasteiger partial charge in [0, 0.05) is 36.9 Å². The third-order valence-corrected chi connectivity index (χ3v) is 3.98. The van der Waals surface area contributed by atoms with Crippen LogP contribution in [0.5, 0.6) is 0 Å². The van der Waals surface area contributed by atoms with Gasteiger partial charge in [-0.2, -0.15) is 0 Å². The van der Waals surface area contributed by atoms with Gasteiger partial charge in [0.1, 0.15) is 0 Å². The number of amides is 2. The van der Waals surface area contributed by atoms with Crippen LogP contribution in [0.3, 0.4) is 0 Å². The van der Waals surface area contributed by atoms with Crippen molar-refractivity contribution < 1.29 is 9.59 Å². The quantitative estimate of drug-likeness (QED) is 0.846. The highest BCUT2D eigenvalue weighted by atomic mass is 35.5. The molecule has 0 spiro atoms. The zero-order valence-electron chi connectivity index (χ0n) is 13.7. The molecule has 24 heavy (non-hydrogen) atoms. The molecule has 0 bridgehead atoms. The third kappa shape index (κ3) is 4.99. The number of nitrogens with zero attached hydrogens (tertiary/aromatic N) is 1. The number of hydrogen-bond acceptors (Lipinski definition) is 3. The SMILES string of the molecule is CC(=O)N(C)c1ccc(NCC(=O)NCc2ccccc2Cl)cc1. The van der Waals surface area contributed by atoms with E-state index in [1.165, 1.54) is 6.92 Å². The lowest BCUT2D eigenvalue weighted by Gasteiger charge is -2.15. The van der Waals surface area contributed by atoms with Crippen molar-refractivity contribution in [2.45, 2.75) is 13.5 Å². The van der Waals surface area contributed by atoms with Crippen LogP contribution in [0.1, 0.15) is 12.5 Å². The Balaban J connectivity index is 1.81. The molecule has 0 aliphatic heterocycles. The molecule has 0 aliphatic rings. The molecule has 5 nitrogen and oxygen atoms in total. The van der Waals surface area contributed by atoms with Crippen molar-refractivity contribution in [3.63, 3.8) is 0 Å². The van der Waals surface area contributed by atoms with Crippen molar-refractivity contribution in [2.24, 2.45) is 0 Å². The Morgan fingerprint density at radius 2 is 1.75 bits per heavy atom. The van der Waals surface area contributed by atoms with Crippen LogP contribution in [0, 0.1) is 0 Å². The summed E-state index contributed by atoms with van der Waals surface area (Å²) in [5.74, 6) is -0.158. The van der Waals surface area contributed by atoms with Gasteiger partial charge >= 0.3 is 0 Å². The minimum atomic E-state index is -0.125. The molecule has 0 radical (unpaired) electrons. The summed E-state index contributed by atoms with van der Waals surface area (Å²) < 4.78 is 0. The second kappa shape index (κ2) is 8.36. The molecule has 0 unspecified atom stereocenters. The van der Waals surface area contributed by atoms with Gasteiger partial charge < -0.3 is 15.5 Å². The van der Waals surface area contributed by atoms with E-state index in [-0.39, 0.29) is 18.4 Å². The number of hydrogen-bond donors (Lipinski definition) is 2. The van der Waals surface area contributed by atoms with Crippen molar-refractivity contribution in [3.8, 4) is 0 Å². The van der Waals surface area contributed by atoms with Gasteiger partial charge in [-0.25, -0.2) is 0 Å². The number of halogens is 1. The summed E-state index contributed by atoms with van der Waals surface area (Å²) in [6, 6.07) is 14.7. The van der Waals surface area contributed by atoms with Gasteiger partial charge in [0.2, 0.25) is 11.8 Å². The Kier molecular flexibility index (Phi) is 6.21. The molecule has 2 N–H and O–H groups in total. The van der Waals surface area contributed by atoms with Crippen LogP contribution < -0.4 is 15.5 Å². The highest BCUT2D eigenvalue weighted by Gasteiger charge is 2.06. The molecule has 0 saturated heterocycles. The predicted molar refractivity (Wildman–Crippen MR) is 97.3 cm³/mol. The van der Waals surface area contributed by atoms with Crippen LogP contribution in [0.2, 0.25) is 5.02 Å². The van der Waals surface area contributed by atoms with E-state index in [0.29, 0.717) is 11.6 Å². The summed E-state index contributed by atoms with van der Waals surface area (Å²) in [5, 5.41) is 6.49. The lowest BCUT2D eigenvalue weighted by molar-refractivity contribution is -0.119. The molecule has 0 atom stereocenters. The first-order valence-electron chi connectivity index (χ1n) is 7.55. The second-order valence-electron chi connectivity index (χ2n) is 5.35. The average Bonchev–Trinajstić information content (AvgIpc) is 2.59. The maximum atomic E-state index is 11.9. The fourth-order valence-electron chi connectivity index (χ4n) is 2.07. The van der Waals surface area contributed by atoms with E-state index in [0.717, 1.165) is 16.9 Å². The number of nitrogens with one attached hydrogen (secondary N) is 2. The maximum absolute atomic E-state index is 11.9. The average molecular weight is 346 g/mol. The van der Waals surface area contributed by atoms with Crippen molar-refractivity contribution in [1.82, 2.24) is 5.32 Å². The van der Waals surface area contributed by atoms with Gasteiger partial charge in [-0.15, -0.1) is 0 Å². The first-order valence-corrected chi connectivity index (χ1v) is 7.93. The Labute approximate surface area is 146 Å².